The van der Waals surface area contributed by atoms with Crippen LogP contribution in [0.4, 0.5) is 5.69 Å². The van der Waals surface area contributed by atoms with Crippen molar-refractivity contribution in [3.63, 3.8) is 0 Å². The van der Waals surface area contributed by atoms with Crippen molar-refractivity contribution in [3.05, 3.63) is 21.6 Å². The van der Waals surface area contributed by atoms with Gasteiger partial charge in [0.25, 0.3) is 5.56 Å². The number of hydrogen-bond acceptors (Lipinski definition) is 5. The zero-order valence-electron chi connectivity index (χ0n) is 11.7. The molecule has 112 valence electrons. The SMILES string of the molecule is CN(CC1CCNCC1)c1cnn(CCO)c(=O)c1Cl. The monoisotopic (exact) mass is 300 g/mol. The number of aliphatic hydroxyl groups excluding tert-OH is 1. The van der Waals surface area contributed by atoms with Crippen LogP contribution in [0.1, 0.15) is 12.8 Å². The first kappa shape index (κ1) is 15.3. The maximum Gasteiger partial charge on any atom is 0.287 e. The molecule has 1 saturated heterocycles. The molecule has 2 rings (SSSR count). The lowest BCUT2D eigenvalue weighted by Crippen LogP contribution is -2.35. The molecule has 1 aliphatic heterocycles. The van der Waals surface area contributed by atoms with Gasteiger partial charge >= 0.3 is 0 Å². The fourth-order valence-corrected chi connectivity index (χ4v) is 2.82. The first-order valence-corrected chi connectivity index (χ1v) is 7.29. The minimum atomic E-state index is -0.352. The van der Waals surface area contributed by atoms with Crippen LogP contribution in [0.25, 0.3) is 0 Å². The van der Waals surface area contributed by atoms with Crippen molar-refractivity contribution in [3.8, 4) is 0 Å². The number of rotatable bonds is 5. The lowest BCUT2D eigenvalue weighted by molar-refractivity contribution is 0.266. The molecule has 0 bridgehead atoms. The fraction of sp³-hybridized carbons (Fsp3) is 0.692. The summed E-state index contributed by atoms with van der Waals surface area (Å²) < 4.78 is 1.18. The van der Waals surface area contributed by atoms with Crippen molar-refractivity contribution in [1.29, 1.82) is 0 Å². The number of nitrogens with one attached hydrogen (secondary N) is 1. The van der Waals surface area contributed by atoms with E-state index in [9.17, 15) is 4.79 Å². The third-order valence-electron chi connectivity index (χ3n) is 3.68. The molecule has 0 aromatic carbocycles. The normalized spacial score (nSPS) is 16.4. The smallest absolute Gasteiger partial charge is 0.287 e. The van der Waals surface area contributed by atoms with Crippen molar-refractivity contribution in [2.45, 2.75) is 19.4 Å². The third kappa shape index (κ3) is 3.50. The maximum absolute atomic E-state index is 12.0. The van der Waals surface area contributed by atoms with E-state index in [1.807, 2.05) is 11.9 Å². The number of piperidine rings is 1. The summed E-state index contributed by atoms with van der Waals surface area (Å²) in [6.45, 7) is 2.99. The molecule has 2 heterocycles. The molecule has 0 radical (unpaired) electrons. The molecule has 6 nitrogen and oxygen atoms in total. The zero-order chi connectivity index (χ0) is 14.5. The van der Waals surface area contributed by atoms with E-state index in [2.05, 4.69) is 10.4 Å². The molecule has 2 N–H and O–H groups in total. The molecule has 1 fully saturated rings. The minimum Gasteiger partial charge on any atom is -0.394 e. The van der Waals surface area contributed by atoms with E-state index in [1.165, 1.54) is 4.68 Å². The Hall–Kier alpha value is -1.11. The zero-order valence-corrected chi connectivity index (χ0v) is 12.4. The van der Waals surface area contributed by atoms with Crippen LogP contribution >= 0.6 is 11.6 Å². The highest BCUT2D eigenvalue weighted by molar-refractivity contribution is 6.33. The number of aromatic nitrogens is 2. The van der Waals surface area contributed by atoms with Crippen LogP contribution in [0.15, 0.2) is 11.0 Å². The molecule has 0 unspecified atom stereocenters. The minimum absolute atomic E-state index is 0.131. The predicted molar refractivity (Wildman–Crippen MR) is 79.5 cm³/mol. The second-order valence-electron chi connectivity index (χ2n) is 5.17. The molecule has 0 spiro atoms. The van der Waals surface area contributed by atoms with Crippen LogP contribution in [-0.2, 0) is 6.54 Å². The summed E-state index contributed by atoms with van der Waals surface area (Å²) in [5, 5.41) is 16.4. The predicted octanol–water partition coefficient (Wildman–Crippen LogP) is 0.325. The standard InChI is InChI=1S/C13H21ClN4O2/c1-17(9-10-2-4-15-5-3-10)11-8-16-18(6-7-19)13(20)12(11)14/h8,10,15,19H,2-7,9H2,1H3. The summed E-state index contributed by atoms with van der Waals surface area (Å²) in [5.41, 5.74) is 0.305. The van der Waals surface area contributed by atoms with Gasteiger partial charge in [-0.15, -0.1) is 0 Å². The summed E-state index contributed by atoms with van der Waals surface area (Å²) in [6.07, 6.45) is 3.87. The van der Waals surface area contributed by atoms with E-state index in [-0.39, 0.29) is 23.7 Å². The van der Waals surface area contributed by atoms with Gasteiger partial charge in [-0.1, -0.05) is 11.6 Å². The molecule has 1 aromatic heterocycles. The van der Waals surface area contributed by atoms with Gasteiger partial charge in [-0.3, -0.25) is 4.79 Å². The Morgan fingerprint density at radius 2 is 2.25 bits per heavy atom. The van der Waals surface area contributed by atoms with Gasteiger partial charge in [0.2, 0.25) is 0 Å². The van der Waals surface area contributed by atoms with Gasteiger partial charge in [0, 0.05) is 13.6 Å². The van der Waals surface area contributed by atoms with Crippen LogP contribution in [-0.4, -0.2) is 48.2 Å². The summed E-state index contributed by atoms with van der Waals surface area (Å²) in [7, 11) is 1.93. The Kier molecular flexibility index (Phi) is 5.39. The molecule has 7 heteroatoms. The average molecular weight is 301 g/mol. The van der Waals surface area contributed by atoms with Gasteiger partial charge in [-0.25, -0.2) is 4.68 Å². The van der Waals surface area contributed by atoms with E-state index in [4.69, 9.17) is 16.7 Å². The second kappa shape index (κ2) is 7.06. The Labute approximate surface area is 123 Å². The molecular weight excluding hydrogens is 280 g/mol. The quantitative estimate of drug-likeness (QED) is 0.820. The van der Waals surface area contributed by atoms with E-state index in [0.29, 0.717) is 11.6 Å². The first-order chi connectivity index (χ1) is 9.63. The van der Waals surface area contributed by atoms with Gasteiger partial charge in [-0.05, 0) is 31.8 Å². The Morgan fingerprint density at radius 3 is 2.90 bits per heavy atom. The number of anilines is 1. The highest BCUT2D eigenvalue weighted by atomic mass is 35.5. The lowest BCUT2D eigenvalue weighted by atomic mass is 9.97. The topological polar surface area (TPSA) is 70.4 Å². The molecular formula is C13H21ClN4O2. The fourth-order valence-electron chi connectivity index (χ4n) is 2.53. The average Bonchev–Trinajstić information content (AvgIpc) is 2.45. The van der Waals surface area contributed by atoms with Gasteiger partial charge in [0.05, 0.1) is 25.0 Å². The van der Waals surface area contributed by atoms with Gasteiger partial charge < -0.3 is 15.3 Å². The summed E-state index contributed by atoms with van der Waals surface area (Å²) in [5.74, 6) is 0.609. The maximum atomic E-state index is 12.0. The van der Waals surface area contributed by atoms with Crippen molar-refractivity contribution in [2.24, 2.45) is 5.92 Å². The van der Waals surface area contributed by atoms with Crippen LogP contribution in [0, 0.1) is 5.92 Å². The van der Waals surface area contributed by atoms with Gasteiger partial charge in [0.1, 0.15) is 5.02 Å². The van der Waals surface area contributed by atoms with E-state index in [1.54, 1.807) is 6.20 Å². The summed E-state index contributed by atoms with van der Waals surface area (Å²) >= 11 is 6.14. The number of aliphatic hydroxyl groups is 1. The van der Waals surface area contributed by atoms with E-state index in [0.717, 1.165) is 32.5 Å². The van der Waals surface area contributed by atoms with Crippen LogP contribution in [0.5, 0.6) is 0 Å². The van der Waals surface area contributed by atoms with Crippen LogP contribution in [0.2, 0.25) is 5.02 Å². The molecule has 0 saturated carbocycles. The van der Waals surface area contributed by atoms with Crippen molar-refractivity contribution < 1.29 is 5.11 Å². The Morgan fingerprint density at radius 1 is 1.55 bits per heavy atom. The second-order valence-corrected chi connectivity index (χ2v) is 5.55. The molecule has 1 aromatic rings. The number of hydrogen-bond donors (Lipinski definition) is 2. The molecule has 0 atom stereocenters. The van der Waals surface area contributed by atoms with Crippen molar-refractivity contribution >= 4 is 17.3 Å². The molecule has 20 heavy (non-hydrogen) atoms. The van der Waals surface area contributed by atoms with E-state index < -0.39 is 0 Å². The number of halogens is 1. The largest absolute Gasteiger partial charge is 0.394 e. The Balaban J connectivity index is 2.11. The molecule has 0 aliphatic carbocycles. The molecule has 0 amide bonds. The Bertz CT molecular complexity index is 500. The van der Waals surface area contributed by atoms with Gasteiger partial charge in [0.15, 0.2) is 0 Å². The highest BCUT2D eigenvalue weighted by Crippen LogP contribution is 2.22. The van der Waals surface area contributed by atoms with E-state index >= 15 is 0 Å². The highest BCUT2D eigenvalue weighted by Gasteiger charge is 2.18. The molecule has 1 aliphatic rings. The van der Waals surface area contributed by atoms with Crippen molar-refractivity contribution in [1.82, 2.24) is 15.1 Å². The van der Waals surface area contributed by atoms with Crippen molar-refractivity contribution in [2.75, 3.05) is 38.2 Å². The third-order valence-corrected chi connectivity index (χ3v) is 4.04. The lowest BCUT2D eigenvalue weighted by Gasteiger charge is -2.29. The first-order valence-electron chi connectivity index (χ1n) is 6.91. The van der Waals surface area contributed by atoms with Crippen LogP contribution in [0.3, 0.4) is 0 Å². The van der Waals surface area contributed by atoms with Crippen LogP contribution < -0.4 is 15.8 Å². The van der Waals surface area contributed by atoms with Gasteiger partial charge in [-0.2, -0.15) is 5.10 Å². The number of nitrogens with zero attached hydrogens (tertiary/aromatic N) is 3. The summed E-state index contributed by atoms with van der Waals surface area (Å²) in [4.78, 5) is 14.0. The summed E-state index contributed by atoms with van der Waals surface area (Å²) in [6, 6.07) is 0.